The van der Waals surface area contributed by atoms with Crippen molar-refractivity contribution >= 4 is 11.7 Å². The molecule has 144 valence electrons. The van der Waals surface area contributed by atoms with E-state index in [1.807, 2.05) is 6.07 Å². The number of halogens is 3. The second-order valence-electron chi connectivity index (χ2n) is 7.93. The number of Topliss-reactive ketones (excluding diaryl/α,β-unsaturated/α-hetero) is 1. The van der Waals surface area contributed by atoms with Gasteiger partial charge < -0.3 is 4.90 Å². The van der Waals surface area contributed by atoms with Crippen LogP contribution in [0.15, 0.2) is 17.8 Å². The number of nitrogens with zero attached hydrogens (tertiary/aromatic N) is 4. The van der Waals surface area contributed by atoms with Gasteiger partial charge in [0.1, 0.15) is 6.07 Å². The van der Waals surface area contributed by atoms with Gasteiger partial charge in [0.25, 0.3) is 5.91 Å². The van der Waals surface area contributed by atoms with Gasteiger partial charge in [-0.2, -0.15) is 23.5 Å². The summed E-state index contributed by atoms with van der Waals surface area (Å²) in [5.41, 5.74) is -2.86. The minimum atomic E-state index is -4.69. The van der Waals surface area contributed by atoms with Gasteiger partial charge in [0.05, 0.1) is 17.3 Å². The average molecular weight is 380 g/mol. The van der Waals surface area contributed by atoms with Crippen LogP contribution in [-0.2, 0) is 18.0 Å². The summed E-state index contributed by atoms with van der Waals surface area (Å²) >= 11 is 0. The molecule has 0 unspecified atom stereocenters. The third kappa shape index (κ3) is 3.13. The molecule has 1 spiro atoms. The Bertz CT molecular complexity index is 891. The highest BCUT2D eigenvalue weighted by atomic mass is 19.4. The first-order valence-electron chi connectivity index (χ1n) is 8.46. The Kier molecular flexibility index (Phi) is 4.21. The Balaban J connectivity index is 1.92. The zero-order chi connectivity index (χ0) is 20.2. The number of hydrogen-bond acceptors (Lipinski definition) is 4. The molecule has 6 nitrogen and oxygen atoms in total. The molecule has 1 amide bonds. The standard InChI is InChI=1S/C18H19F3N4O2/c1-16(2)9-17(6-11(7-22)14(16)26)4-5-25(10-17)15(27)12-8-23-24(3)13(12)18(19,20)21/h6,8H,4-5,9-10H2,1-3H3/t17-/m1/s1. The fraction of sp³-hybridized carbons (Fsp3) is 0.556. The molecule has 9 heteroatoms. The molecule has 3 rings (SSSR count). The molecule has 1 aromatic rings. The number of alkyl halides is 3. The summed E-state index contributed by atoms with van der Waals surface area (Å²) < 4.78 is 40.4. The van der Waals surface area contributed by atoms with E-state index in [1.54, 1.807) is 19.9 Å². The summed E-state index contributed by atoms with van der Waals surface area (Å²) in [7, 11) is 1.14. The zero-order valence-corrected chi connectivity index (χ0v) is 15.2. The smallest absolute Gasteiger partial charge is 0.338 e. The van der Waals surface area contributed by atoms with Crippen molar-refractivity contribution in [3.05, 3.63) is 29.1 Å². The van der Waals surface area contributed by atoms with Crippen LogP contribution in [0.5, 0.6) is 0 Å². The lowest BCUT2D eigenvalue weighted by atomic mass is 9.64. The number of carbonyl (C=O) groups excluding carboxylic acids is 2. The van der Waals surface area contributed by atoms with Gasteiger partial charge in [-0.1, -0.05) is 19.9 Å². The molecule has 2 aliphatic rings. The molecule has 1 saturated heterocycles. The van der Waals surface area contributed by atoms with E-state index in [0.29, 0.717) is 17.5 Å². The summed E-state index contributed by atoms with van der Waals surface area (Å²) in [6, 6.07) is 1.91. The van der Waals surface area contributed by atoms with Crippen molar-refractivity contribution in [2.24, 2.45) is 17.9 Å². The van der Waals surface area contributed by atoms with Crippen molar-refractivity contribution < 1.29 is 22.8 Å². The van der Waals surface area contributed by atoms with E-state index in [1.165, 1.54) is 4.90 Å². The van der Waals surface area contributed by atoms with Crippen LogP contribution in [0.25, 0.3) is 0 Å². The average Bonchev–Trinajstić information content (AvgIpc) is 3.13. The van der Waals surface area contributed by atoms with Gasteiger partial charge in [-0.3, -0.25) is 14.3 Å². The third-order valence-electron chi connectivity index (χ3n) is 5.33. The van der Waals surface area contributed by atoms with E-state index in [2.05, 4.69) is 5.10 Å². The highest BCUT2D eigenvalue weighted by Crippen LogP contribution is 2.48. The molecule has 0 saturated carbocycles. The number of likely N-dealkylation sites (tertiary alicyclic amines) is 1. The summed E-state index contributed by atoms with van der Waals surface area (Å²) in [6.45, 7) is 3.91. The van der Waals surface area contributed by atoms with E-state index in [9.17, 15) is 28.0 Å². The highest BCUT2D eigenvalue weighted by molar-refractivity contribution is 6.04. The normalized spacial score (nSPS) is 24.9. The summed E-state index contributed by atoms with van der Waals surface area (Å²) in [6.07, 6.45) is -1.24. The van der Waals surface area contributed by atoms with E-state index >= 15 is 0 Å². The van der Waals surface area contributed by atoms with Crippen LogP contribution in [0, 0.1) is 22.2 Å². The minimum Gasteiger partial charge on any atom is -0.338 e. The van der Waals surface area contributed by atoms with Crippen molar-refractivity contribution in [3.8, 4) is 6.07 Å². The van der Waals surface area contributed by atoms with Crippen LogP contribution >= 0.6 is 0 Å². The van der Waals surface area contributed by atoms with Gasteiger partial charge in [0, 0.05) is 31.0 Å². The number of amides is 1. The van der Waals surface area contributed by atoms with Gasteiger partial charge in [-0.25, -0.2) is 0 Å². The number of aromatic nitrogens is 2. The number of aryl methyl sites for hydroxylation is 1. The topological polar surface area (TPSA) is 79.0 Å². The van der Waals surface area contributed by atoms with Crippen molar-refractivity contribution in [1.29, 1.82) is 5.26 Å². The summed E-state index contributed by atoms with van der Waals surface area (Å²) in [4.78, 5) is 26.4. The van der Waals surface area contributed by atoms with Crippen LogP contribution in [0.1, 0.15) is 42.7 Å². The van der Waals surface area contributed by atoms with Gasteiger partial charge in [-0.15, -0.1) is 0 Å². The molecule has 0 N–H and O–H groups in total. The lowest BCUT2D eigenvalue weighted by Crippen LogP contribution is -2.41. The Morgan fingerprint density at radius 1 is 1.37 bits per heavy atom. The maximum atomic E-state index is 13.3. The predicted molar refractivity (Wildman–Crippen MR) is 88.3 cm³/mol. The zero-order valence-electron chi connectivity index (χ0n) is 15.2. The lowest BCUT2D eigenvalue weighted by Gasteiger charge is -2.38. The first kappa shape index (κ1) is 19.1. The Labute approximate surface area is 154 Å². The van der Waals surface area contributed by atoms with Crippen LogP contribution in [0.4, 0.5) is 13.2 Å². The van der Waals surface area contributed by atoms with Crippen LogP contribution in [0.3, 0.4) is 0 Å². The molecule has 1 aromatic heterocycles. The molecule has 1 atom stereocenters. The second-order valence-corrected chi connectivity index (χ2v) is 7.93. The molecular weight excluding hydrogens is 361 g/mol. The van der Waals surface area contributed by atoms with E-state index in [0.717, 1.165) is 13.2 Å². The maximum Gasteiger partial charge on any atom is 0.433 e. The van der Waals surface area contributed by atoms with Crippen LogP contribution in [-0.4, -0.2) is 39.5 Å². The molecule has 0 radical (unpaired) electrons. The fourth-order valence-corrected chi connectivity index (χ4v) is 4.26. The number of nitriles is 1. The number of allylic oxidation sites excluding steroid dienone is 1. The SMILES string of the molecule is Cn1ncc(C(=O)N2CC[C@]3(C=C(C#N)C(=O)C(C)(C)C3)C2)c1C(F)(F)F. The molecule has 2 heterocycles. The fourth-order valence-electron chi connectivity index (χ4n) is 4.26. The van der Waals surface area contributed by atoms with Crippen molar-refractivity contribution in [1.82, 2.24) is 14.7 Å². The van der Waals surface area contributed by atoms with Gasteiger partial charge in [0.2, 0.25) is 0 Å². The summed E-state index contributed by atoms with van der Waals surface area (Å²) in [5.74, 6) is -0.985. The van der Waals surface area contributed by atoms with Crippen molar-refractivity contribution in [2.45, 2.75) is 32.9 Å². The third-order valence-corrected chi connectivity index (χ3v) is 5.33. The minimum absolute atomic E-state index is 0.0536. The van der Waals surface area contributed by atoms with Crippen LogP contribution in [0.2, 0.25) is 0 Å². The van der Waals surface area contributed by atoms with E-state index in [4.69, 9.17) is 0 Å². The Morgan fingerprint density at radius 3 is 2.63 bits per heavy atom. The van der Waals surface area contributed by atoms with Crippen molar-refractivity contribution in [3.63, 3.8) is 0 Å². The molecule has 27 heavy (non-hydrogen) atoms. The van der Waals surface area contributed by atoms with E-state index < -0.39 is 34.2 Å². The highest BCUT2D eigenvalue weighted by Gasteiger charge is 2.50. The van der Waals surface area contributed by atoms with Gasteiger partial charge in [0.15, 0.2) is 11.5 Å². The molecule has 1 fully saturated rings. The van der Waals surface area contributed by atoms with Gasteiger partial charge >= 0.3 is 6.18 Å². The van der Waals surface area contributed by atoms with E-state index in [-0.39, 0.29) is 24.4 Å². The maximum absolute atomic E-state index is 13.3. The number of ketones is 1. The Morgan fingerprint density at radius 2 is 2.04 bits per heavy atom. The predicted octanol–water partition coefficient (Wildman–Crippen LogP) is 2.72. The largest absolute Gasteiger partial charge is 0.433 e. The van der Waals surface area contributed by atoms with Gasteiger partial charge in [-0.05, 0) is 12.8 Å². The number of hydrogen-bond donors (Lipinski definition) is 0. The second kappa shape index (κ2) is 5.94. The first-order chi connectivity index (χ1) is 12.4. The van der Waals surface area contributed by atoms with Crippen molar-refractivity contribution in [2.75, 3.05) is 13.1 Å². The first-order valence-corrected chi connectivity index (χ1v) is 8.46. The van der Waals surface area contributed by atoms with Crippen LogP contribution < -0.4 is 0 Å². The number of carbonyl (C=O) groups is 2. The number of rotatable bonds is 1. The molecule has 1 aliphatic heterocycles. The molecule has 1 aliphatic carbocycles. The molecule has 0 aromatic carbocycles. The lowest BCUT2D eigenvalue weighted by molar-refractivity contribution is -0.144. The molecule has 0 bridgehead atoms. The summed E-state index contributed by atoms with van der Waals surface area (Å²) in [5, 5.41) is 12.9. The quantitative estimate of drug-likeness (QED) is 0.750. The Hall–Kier alpha value is -2.63. The molecular formula is C18H19F3N4O2. The monoisotopic (exact) mass is 380 g/mol.